The third-order valence-electron chi connectivity index (χ3n) is 2.16. The number of alkyl halides is 3. The average molecular weight is 283 g/mol. The molecule has 0 aliphatic heterocycles. The lowest BCUT2D eigenvalue weighted by atomic mass is 10.1. The van der Waals surface area contributed by atoms with Crippen molar-refractivity contribution in [3.05, 3.63) is 5.82 Å². The van der Waals surface area contributed by atoms with Crippen molar-refractivity contribution in [1.82, 2.24) is 9.36 Å². The van der Waals surface area contributed by atoms with Gasteiger partial charge in [-0.3, -0.25) is 0 Å². The van der Waals surface area contributed by atoms with Crippen LogP contribution in [0.3, 0.4) is 0 Å². The fraction of sp³-hybridized carbons (Fsp3) is 0.625. The van der Waals surface area contributed by atoms with Gasteiger partial charge in [0, 0.05) is 31.0 Å². The topological polar surface area (TPSA) is 87.6 Å². The molecule has 0 saturated heterocycles. The Bertz CT molecular complexity index is 433. The van der Waals surface area contributed by atoms with Crippen LogP contribution >= 0.6 is 11.5 Å². The van der Waals surface area contributed by atoms with Crippen LogP contribution in [-0.2, 0) is 6.18 Å². The van der Waals surface area contributed by atoms with E-state index in [1.54, 1.807) is 14.0 Å². The molecule has 6 nitrogen and oxygen atoms in total. The summed E-state index contributed by atoms with van der Waals surface area (Å²) in [7, 11) is 1.56. The molecule has 0 saturated carbocycles. The zero-order valence-electron chi connectivity index (χ0n) is 9.64. The number of rotatable bonds is 4. The van der Waals surface area contributed by atoms with Crippen LogP contribution in [0.15, 0.2) is 5.16 Å². The Labute approximate surface area is 105 Å². The monoisotopic (exact) mass is 283 g/mol. The highest BCUT2D eigenvalue weighted by Crippen LogP contribution is 2.30. The summed E-state index contributed by atoms with van der Waals surface area (Å²) in [5.74, 6) is -1.48. The predicted molar refractivity (Wildman–Crippen MR) is 60.8 cm³/mol. The molecule has 1 aromatic rings. The third kappa shape index (κ3) is 3.45. The summed E-state index contributed by atoms with van der Waals surface area (Å²) in [6.45, 7) is 1.94. The lowest BCUT2D eigenvalue weighted by Gasteiger charge is -2.19. The molecule has 0 fully saturated rings. The second-order valence-corrected chi connectivity index (χ2v) is 4.44. The van der Waals surface area contributed by atoms with Gasteiger partial charge in [-0.1, -0.05) is 12.1 Å². The van der Waals surface area contributed by atoms with E-state index < -0.39 is 12.0 Å². The Hall–Kier alpha value is -1.58. The Kier molecular flexibility index (Phi) is 4.33. The van der Waals surface area contributed by atoms with E-state index in [9.17, 15) is 13.2 Å². The molecule has 1 atom stereocenters. The normalized spacial score (nSPS) is 14.6. The summed E-state index contributed by atoms with van der Waals surface area (Å²) in [6, 6.07) is 0. The second-order valence-electron chi connectivity index (χ2n) is 3.70. The van der Waals surface area contributed by atoms with Gasteiger partial charge >= 0.3 is 6.18 Å². The van der Waals surface area contributed by atoms with Crippen LogP contribution in [0.25, 0.3) is 0 Å². The maximum atomic E-state index is 12.3. The molecule has 3 N–H and O–H groups in total. The van der Waals surface area contributed by atoms with E-state index >= 15 is 0 Å². The summed E-state index contributed by atoms with van der Waals surface area (Å²) in [5, 5.41) is 11.4. The van der Waals surface area contributed by atoms with Crippen molar-refractivity contribution in [2.45, 2.75) is 13.1 Å². The number of hydrogen-bond donors (Lipinski definition) is 2. The maximum absolute atomic E-state index is 12.3. The summed E-state index contributed by atoms with van der Waals surface area (Å²) >= 11 is 0.647. The highest BCUT2D eigenvalue weighted by Gasteiger charge is 2.36. The van der Waals surface area contributed by atoms with Crippen molar-refractivity contribution < 1.29 is 18.4 Å². The number of hydrogen-bond acceptors (Lipinski definition) is 6. The summed E-state index contributed by atoms with van der Waals surface area (Å²) in [6.07, 6.45) is -4.55. The van der Waals surface area contributed by atoms with Crippen LogP contribution in [0.1, 0.15) is 12.7 Å². The quantitative estimate of drug-likeness (QED) is 0.377. The number of oxime groups is 1. The highest BCUT2D eigenvalue weighted by molar-refractivity contribution is 7.09. The van der Waals surface area contributed by atoms with Crippen molar-refractivity contribution in [3.63, 3.8) is 0 Å². The number of anilines is 1. The number of aromatic nitrogens is 2. The molecule has 1 heterocycles. The zero-order chi connectivity index (χ0) is 13.9. The third-order valence-corrected chi connectivity index (χ3v) is 2.99. The minimum atomic E-state index is -4.55. The van der Waals surface area contributed by atoms with Crippen molar-refractivity contribution in [2.75, 3.05) is 18.5 Å². The molecule has 0 spiro atoms. The molecule has 1 rings (SSSR count). The van der Waals surface area contributed by atoms with Crippen molar-refractivity contribution >= 4 is 22.5 Å². The molecule has 18 heavy (non-hydrogen) atoms. The van der Waals surface area contributed by atoms with E-state index in [0.717, 1.165) is 0 Å². The SMILES string of the molecule is CC(CN(C)c1nc(C(F)(F)F)ns1)C(N)=NO. The standard InChI is InChI=1S/C8H12F3N5OS/c1-4(5(12)14-17)3-16(2)7-13-6(15-18-7)8(9,10)11/h4,17H,3H2,1-2H3,(H2,12,14). The van der Waals surface area contributed by atoms with Gasteiger partial charge < -0.3 is 15.8 Å². The lowest BCUT2D eigenvalue weighted by molar-refractivity contribution is -0.144. The van der Waals surface area contributed by atoms with E-state index in [4.69, 9.17) is 10.9 Å². The molecular weight excluding hydrogens is 271 g/mol. The second kappa shape index (κ2) is 5.38. The van der Waals surface area contributed by atoms with Gasteiger partial charge in [0.1, 0.15) is 5.84 Å². The molecule has 1 unspecified atom stereocenters. The molecule has 10 heteroatoms. The number of nitrogens with zero attached hydrogens (tertiary/aromatic N) is 4. The van der Waals surface area contributed by atoms with Crippen LogP contribution in [0, 0.1) is 5.92 Å². The Morgan fingerprint density at radius 2 is 2.22 bits per heavy atom. The highest BCUT2D eigenvalue weighted by atomic mass is 32.1. The number of halogens is 3. The average Bonchev–Trinajstić information content (AvgIpc) is 2.76. The molecule has 0 aromatic carbocycles. The van der Waals surface area contributed by atoms with Gasteiger partial charge in [0.2, 0.25) is 11.0 Å². The zero-order valence-corrected chi connectivity index (χ0v) is 10.5. The predicted octanol–water partition coefficient (Wildman–Crippen LogP) is 1.38. The lowest BCUT2D eigenvalue weighted by Crippen LogP contribution is -2.32. The van der Waals surface area contributed by atoms with Gasteiger partial charge in [-0.2, -0.15) is 22.5 Å². The summed E-state index contributed by atoms with van der Waals surface area (Å²) < 4.78 is 40.1. The first-order valence-corrected chi connectivity index (χ1v) is 5.62. The molecule has 0 radical (unpaired) electrons. The van der Waals surface area contributed by atoms with Crippen LogP contribution in [0.2, 0.25) is 0 Å². The fourth-order valence-electron chi connectivity index (χ4n) is 1.17. The smallest absolute Gasteiger partial charge is 0.409 e. The molecule has 0 aliphatic rings. The van der Waals surface area contributed by atoms with E-state index in [0.29, 0.717) is 11.5 Å². The van der Waals surface area contributed by atoms with Crippen LogP contribution < -0.4 is 10.6 Å². The maximum Gasteiger partial charge on any atom is 0.452 e. The van der Waals surface area contributed by atoms with Gasteiger partial charge in [-0.05, 0) is 0 Å². The van der Waals surface area contributed by atoms with Gasteiger partial charge in [0.15, 0.2) is 0 Å². The Morgan fingerprint density at radius 1 is 1.61 bits per heavy atom. The van der Waals surface area contributed by atoms with Gasteiger partial charge in [-0.25, -0.2) is 0 Å². The number of nitrogens with two attached hydrogens (primary N) is 1. The van der Waals surface area contributed by atoms with Crippen LogP contribution in [0.4, 0.5) is 18.3 Å². The van der Waals surface area contributed by atoms with Crippen molar-refractivity contribution in [1.29, 1.82) is 0 Å². The summed E-state index contributed by atoms with van der Waals surface area (Å²) in [4.78, 5) is 4.85. The fourth-order valence-corrected chi connectivity index (χ4v) is 1.82. The van der Waals surface area contributed by atoms with Gasteiger partial charge in [-0.15, -0.1) is 0 Å². The molecule has 102 valence electrons. The molecule has 1 aromatic heterocycles. The largest absolute Gasteiger partial charge is 0.452 e. The summed E-state index contributed by atoms with van der Waals surface area (Å²) in [5.41, 5.74) is 5.38. The first-order chi connectivity index (χ1) is 8.25. The molecule has 0 bridgehead atoms. The minimum absolute atomic E-state index is 0.00223. The van der Waals surface area contributed by atoms with E-state index in [-0.39, 0.29) is 23.4 Å². The van der Waals surface area contributed by atoms with E-state index in [1.165, 1.54) is 4.90 Å². The van der Waals surface area contributed by atoms with Crippen molar-refractivity contribution in [2.24, 2.45) is 16.8 Å². The van der Waals surface area contributed by atoms with E-state index in [1.807, 2.05) is 0 Å². The Balaban J connectivity index is 2.74. The van der Waals surface area contributed by atoms with Gasteiger partial charge in [0.05, 0.1) is 0 Å². The van der Waals surface area contributed by atoms with Crippen molar-refractivity contribution in [3.8, 4) is 0 Å². The van der Waals surface area contributed by atoms with E-state index in [2.05, 4.69) is 14.5 Å². The first kappa shape index (κ1) is 14.5. The number of amidine groups is 1. The first-order valence-electron chi connectivity index (χ1n) is 4.85. The minimum Gasteiger partial charge on any atom is -0.409 e. The molecule has 0 aliphatic carbocycles. The van der Waals surface area contributed by atoms with Crippen LogP contribution in [-0.4, -0.2) is 34.0 Å². The van der Waals surface area contributed by atoms with Gasteiger partial charge in [0.25, 0.3) is 0 Å². The molecule has 0 amide bonds. The van der Waals surface area contributed by atoms with Crippen LogP contribution in [0.5, 0.6) is 0 Å². The molecular formula is C8H12F3N5OS. The Morgan fingerprint density at radius 3 is 2.67 bits per heavy atom.